The summed E-state index contributed by atoms with van der Waals surface area (Å²) < 4.78 is 0. The number of hydrogen-bond donors (Lipinski definition) is 3. The van der Waals surface area contributed by atoms with Gasteiger partial charge in [0.25, 0.3) is 0 Å². The fourth-order valence-electron chi connectivity index (χ4n) is 2.24. The average molecular weight is 256 g/mol. The van der Waals surface area contributed by atoms with Crippen molar-refractivity contribution >= 4 is 11.9 Å². The lowest BCUT2D eigenvalue weighted by atomic mass is 9.84. The number of rotatable bonds is 5. The fraction of sp³-hybridized carbons (Fsp3) is 0.846. The van der Waals surface area contributed by atoms with Gasteiger partial charge >= 0.3 is 5.97 Å². The second-order valence-electron chi connectivity index (χ2n) is 5.56. The monoisotopic (exact) mass is 256 g/mol. The molecule has 3 unspecified atom stereocenters. The number of carbonyl (C=O) groups is 2. The SMILES string of the molecule is CCC(C)(CNC(=O)C1CCCC(N)C1)C(=O)O. The van der Waals surface area contributed by atoms with Crippen LogP contribution in [0.5, 0.6) is 0 Å². The average Bonchev–Trinajstić information content (AvgIpc) is 2.35. The highest BCUT2D eigenvalue weighted by Gasteiger charge is 2.33. The van der Waals surface area contributed by atoms with Gasteiger partial charge in [-0.2, -0.15) is 0 Å². The Labute approximate surface area is 108 Å². The fourth-order valence-corrected chi connectivity index (χ4v) is 2.24. The molecule has 1 amide bonds. The third-order valence-electron chi connectivity index (χ3n) is 4.03. The van der Waals surface area contributed by atoms with Crippen molar-refractivity contribution in [2.75, 3.05) is 6.54 Å². The molecule has 0 bridgehead atoms. The summed E-state index contributed by atoms with van der Waals surface area (Å²) in [6.45, 7) is 3.66. The van der Waals surface area contributed by atoms with Crippen molar-refractivity contribution in [3.63, 3.8) is 0 Å². The first-order valence-corrected chi connectivity index (χ1v) is 6.65. The number of amides is 1. The number of nitrogens with two attached hydrogens (primary N) is 1. The molecule has 3 atom stereocenters. The molecule has 0 spiro atoms. The molecule has 0 saturated heterocycles. The summed E-state index contributed by atoms with van der Waals surface area (Å²) in [6.07, 6.45) is 4.01. The first kappa shape index (κ1) is 15.0. The van der Waals surface area contributed by atoms with Crippen LogP contribution in [0.4, 0.5) is 0 Å². The lowest BCUT2D eigenvalue weighted by Gasteiger charge is -2.28. The van der Waals surface area contributed by atoms with E-state index < -0.39 is 11.4 Å². The molecule has 0 aromatic carbocycles. The molecular weight excluding hydrogens is 232 g/mol. The van der Waals surface area contributed by atoms with Gasteiger partial charge in [-0.3, -0.25) is 9.59 Å². The molecule has 0 heterocycles. The molecule has 104 valence electrons. The number of carbonyl (C=O) groups excluding carboxylic acids is 1. The molecule has 5 heteroatoms. The quantitative estimate of drug-likeness (QED) is 0.687. The van der Waals surface area contributed by atoms with Gasteiger partial charge in [0.15, 0.2) is 0 Å². The topological polar surface area (TPSA) is 92.4 Å². The van der Waals surface area contributed by atoms with Crippen LogP contribution in [0.25, 0.3) is 0 Å². The lowest BCUT2D eigenvalue weighted by Crippen LogP contribution is -2.44. The molecule has 4 N–H and O–H groups in total. The molecule has 1 aliphatic rings. The van der Waals surface area contributed by atoms with E-state index in [2.05, 4.69) is 5.32 Å². The van der Waals surface area contributed by atoms with Crippen LogP contribution in [-0.2, 0) is 9.59 Å². The van der Waals surface area contributed by atoms with Crippen LogP contribution in [0.15, 0.2) is 0 Å². The number of hydrogen-bond acceptors (Lipinski definition) is 3. The standard InChI is InChI=1S/C13H24N2O3/c1-3-13(2,12(17)18)8-15-11(16)9-5-4-6-10(14)7-9/h9-10H,3-8,14H2,1-2H3,(H,15,16)(H,17,18). The Bertz CT molecular complexity index is 319. The van der Waals surface area contributed by atoms with Crippen molar-refractivity contribution in [1.82, 2.24) is 5.32 Å². The Balaban J connectivity index is 2.47. The molecule has 0 radical (unpaired) electrons. The number of carboxylic acid groups (broad SMARTS) is 1. The smallest absolute Gasteiger partial charge is 0.311 e. The highest BCUT2D eigenvalue weighted by molar-refractivity contribution is 5.80. The highest BCUT2D eigenvalue weighted by atomic mass is 16.4. The molecule has 1 rings (SSSR count). The summed E-state index contributed by atoms with van der Waals surface area (Å²) in [5.41, 5.74) is 4.96. The minimum atomic E-state index is -0.882. The van der Waals surface area contributed by atoms with Crippen molar-refractivity contribution in [3.8, 4) is 0 Å². The van der Waals surface area contributed by atoms with Crippen LogP contribution in [0.3, 0.4) is 0 Å². The van der Waals surface area contributed by atoms with Crippen LogP contribution in [0.1, 0.15) is 46.0 Å². The van der Waals surface area contributed by atoms with E-state index in [9.17, 15) is 9.59 Å². The highest BCUT2D eigenvalue weighted by Crippen LogP contribution is 2.24. The van der Waals surface area contributed by atoms with Crippen molar-refractivity contribution in [3.05, 3.63) is 0 Å². The largest absolute Gasteiger partial charge is 0.481 e. The second-order valence-corrected chi connectivity index (χ2v) is 5.56. The van der Waals surface area contributed by atoms with Crippen LogP contribution < -0.4 is 11.1 Å². The van der Waals surface area contributed by atoms with E-state index >= 15 is 0 Å². The summed E-state index contributed by atoms with van der Waals surface area (Å²) >= 11 is 0. The van der Waals surface area contributed by atoms with E-state index in [4.69, 9.17) is 10.8 Å². The summed E-state index contributed by atoms with van der Waals surface area (Å²) in [6, 6.07) is 0.103. The zero-order chi connectivity index (χ0) is 13.8. The second kappa shape index (κ2) is 6.18. The van der Waals surface area contributed by atoms with Gasteiger partial charge in [0.1, 0.15) is 0 Å². The first-order chi connectivity index (χ1) is 8.39. The Morgan fingerprint density at radius 3 is 2.61 bits per heavy atom. The van der Waals surface area contributed by atoms with E-state index in [0.29, 0.717) is 12.8 Å². The third kappa shape index (κ3) is 3.70. The summed E-state index contributed by atoms with van der Waals surface area (Å²) in [7, 11) is 0. The Morgan fingerprint density at radius 2 is 2.11 bits per heavy atom. The zero-order valence-corrected chi connectivity index (χ0v) is 11.2. The zero-order valence-electron chi connectivity index (χ0n) is 11.2. The van der Waals surface area contributed by atoms with Crippen molar-refractivity contribution in [2.24, 2.45) is 17.1 Å². The van der Waals surface area contributed by atoms with Crippen LogP contribution in [0.2, 0.25) is 0 Å². The molecular formula is C13H24N2O3. The number of nitrogens with one attached hydrogen (secondary N) is 1. The van der Waals surface area contributed by atoms with E-state index in [1.54, 1.807) is 6.92 Å². The maximum Gasteiger partial charge on any atom is 0.311 e. The van der Waals surface area contributed by atoms with E-state index in [0.717, 1.165) is 19.3 Å². The predicted octanol–water partition coefficient (Wildman–Crippen LogP) is 1.12. The van der Waals surface area contributed by atoms with Crippen molar-refractivity contribution in [1.29, 1.82) is 0 Å². The van der Waals surface area contributed by atoms with Crippen LogP contribution in [-0.4, -0.2) is 29.6 Å². The molecule has 1 saturated carbocycles. The van der Waals surface area contributed by atoms with Gasteiger partial charge in [-0.25, -0.2) is 0 Å². The summed E-state index contributed by atoms with van der Waals surface area (Å²) in [4.78, 5) is 23.1. The minimum Gasteiger partial charge on any atom is -0.481 e. The van der Waals surface area contributed by atoms with Gasteiger partial charge in [-0.1, -0.05) is 13.3 Å². The summed E-state index contributed by atoms with van der Waals surface area (Å²) in [5.74, 6) is -0.972. The molecule has 1 aliphatic carbocycles. The van der Waals surface area contributed by atoms with Crippen LogP contribution >= 0.6 is 0 Å². The first-order valence-electron chi connectivity index (χ1n) is 6.65. The van der Waals surface area contributed by atoms with Gasteiger partial charge in [-0.05, 0) is 32.6 Å². The maximum absolute atomic E-state index is 12.0. The van der Waals surface area contributed by atoms with Gasteiger partial charge in [0, 0.05) is 18.5 Å². The molecule has 18 heavy (non-hydrogen) atoms. The molecule has 1 fully saturated rings. The van der Waals surface area contributed by atoms with E-state index in [1.807, 2.05) is 6.92 Å². The Morgan fingerprint density at radius 1 is 1.44 bits per heavy atom. The molecule has 0 aromatic rings. The van der Waals surface area contributed by atoms with Gasteiger partial charge < -0.3 is 16.2 Å². The van der Waals surface area contributed by atoms with E-state index in [1.165, 1.54) is 0 Å². The molecule has 0 aliphatic heterocycles. The van der Waals surface area contributed by atoms with Gasteiger partial charge in [0.05, 0.1) is 5.41 Å². The third-order valence-corrected chi connectivity index (χ3v) is 4.03. The summed E-state index contributed by atoms with van der Waals surface area (Å²) in [5, 5.41) is 11.9. The van der Waals surface area contributed by atoms with E-state index in [-0.39, 0.29) is 24.4 Å². The van der Waals surface area contributed by atoms with Crippen LogP contribution in [0, 0.1) is 11.3 Å². The van der Waals surface area contributed by atoms with Crippen molar-refractivity contribution < 1.29 is 14.7 Å². The molecule has 5 nitrogen and oxygen atoms in total. The maximum atomic E-state index is 12.0. The van der Waals surface area contributed by atoms with Crippen molar-refractivity contribution in [2.45, 2.75) is 52.0 Å². The lowest BCUT2D eigenvalue weighted by molar-refractivity contribution is -0.148. The van der Waals surface area contributed by atoms with Gasteiger partial charge in [-0.15, -0.1) is 0 Å². The normalized spacial score (nSPS) is 27.3. The Kier molecular flexibility index (Phi) is 5.14. The number of carboxylic acids is 1. The number of aliphatic carboxylic acids is 1. The minimum absolute atomic E-state index is 0.0499. The Hall–Kier alpha value is -1.10. The predicted molar refractivity (Wildman–Crippen MR) is 69.0 cm³/mol. The van der Waals surface area contributed by atoms with Gasteiger partial charge in [0.2, 0.25) is 5.91 Å². The molecule has 0 aromatic heterocycles.